The Labute approximate surface area is 355 Å². The fourth-order valence-corrected chi connectivity index (χ4v) is 6.93. The molecule has 3 fully saturated rings. The SMILES string of the molecule is O=C(/C=C/c1ccc(O)cc1)OC[C@H]1O[C@@H](OC[C@H]2O[C@@H](Oc3cc4c(O)cc(=O)cc-4oc3-c3ccc(O)c(O)c3)[C@H](O[C@@H]3OC[C@@H](O)[C@H](O)[C@H]3O)[C@@H](O)[C@H]2O)[C@H](O)[C@@H](O)[C@@H]1O. The van der Waals surface area contributed by atoms with Crippen LogP contribution in [0.1, 0.15) is 5.56 Å². The van der Waals surface area contributed by atoms with Crippen molar-refractivity contribution in [1.82, 2.24) is 0 Å². The number of phenolic OH excluding ortho intramolecular Hbond substituents is 4. The smallest absolute Gasteiger partial charge is 0.330 e. The molecule has 0 unspecified atom stereocenters. The zero-order valence-electron chi connectivity index (χ0n) is 32.6. The molecule has 12 N–H and O–H groups in total. The van der Waals surface area contributed by atoms with Crippen molar-refractivity contribution in [1.29, 1.82) is 0 Å². The van der Waals surface area contributed by atoms with Gasteiger partial charge in [0.1, 0.15) is 84.9 Å². The van der Waals surface area contributed by atoms with Crippen molar-refractivity contribution in [2.24, 2.45) is 0 Å². The third kappa shape index (κ3) is 10.0. The molecule has 0 bridgehead atoms. The quantitative estimate of drug-likeness (QED) is 0.0414. The van der Waals surface area contributed by atoms with E-state index in [2.05, 4.69) is 0 Å². The molecule has 2 aromatic carbocycles. The molecule has 1 aliphatic carbocycles. The zero-order valence-corrected chi connectivity index (χ0v) is 32.6. The fraction of sp³-hybridized carbons (Fsp3) is 0.415. The molecule has 0 spiro atoms. The predicted octanol–water partition coefficient (Wildman–Crippen LogP) is -2.04. The highest BCUT2D eigenvalue weighted by Crippen LogP contribution is 2.43. The van der Waals surface area contributed by atoms with Gasteiger partial charge < -0.3 is 98.9 Å². The van der Waals surface area contributed by atoms with Crippen LogP contribution >= 0.6 is 0 Å². The summed E-state index contributed by atoms with van der Waals surface area (Å²) < 4.78 is 45.8. The van der Waals surface area contributed by atoms with Crippen LogP contribution in [-0.4, -0.2) is 173 Å². The number of aliphatic hydroxyl groups excluding tert-OH is 8. The molecule has 340 valence electrons. The predicted molar refractivity (Wildman–Crippen MR) is 207 cm³/mol. The second kappa shape index (κ2) is 19.1. The van der Waals surface area contributed by atoms with Gasteiger partial charge in [-0.2, -0.15) is 0 Å². The number of aliphatic hydroxyl groups is 8. The van der Waals surface area contributed by atoms with E-state index in [0.717, 1.165) is 30.3 Å². The third-order valence-electron chi connectivity index (χ3n) is 10.5. The van der Waals surface area contributed by atoms with Crippen LogP contribution in [0.3, 0.4) is 0 Å². The van der Waals surface area contributed by atoms with Gasteiger partial charge in [0.05, 0.1) is 18.8 Å². The van der Waals surface area contributed by atoms with Gasteiger partial charge in [-0.3, -0.25) is 4.79 Å². The van der Waals surface area contributed by atoms with Gasteiger partial charge in [-0.05, 0) is 48.0 Å². The zero-order chi connectivity index (χ0) is 45.3. The summed E-state index contributed by atoms with van der Waals surface area (Å²) in [6.07, 6.45) is -22.7. The molecule has 7 rings (SSSR count). The van der Waals surface area contributed by atoms with Crippen LogP contribution < -0.4 is 10.2 Å². The monoisotopic (exact) mass is 888 g/mol. The van der Waals surface area contributed by atoms with E-state index in [-0.39, 0.29) is 34.1 Å². The van der Waals surface area contributed by atoms with E-state index >= 15 is 0 Å². The van der Waals surface area contributed by atoms with Gasteiger partial charge >= 0.3 is 5.97 Å². The van der Waals surface area contributed by atoms with Crippen molar-refractivity contribution in [3.8, 4) is 51.4 Å². The van der Waals surface area contributed by atoms with Gasteiger partial charge in [-0.15, -0.1) is 0 Å². The summed E-state index contributed by atoms with van der Waals surface area (Å²) in [6.45, 7) is -1.93. The van der Waals surface area contributed by atoms with E-state index in [4.69, 9.17) is 37.6 Å². The lowest BCUT2D eigenvalue weighted by Crippen LogP contribution is -2.64. The van der Waals surface area contributed by atoms with Crippen molar-refractivity contribution >= 4 is 12.0 Å². The molecule has 3 saturated heterocycles. The molecule has 2 aromatic rings. The van der Waals surface area contributed by atoms with Crippen molar-refractivity contribution in [3.05, 3.63) is 82.5 Å². The normalized spacial score (nSPS) is 32.4. The number of fused-ring (bicyclic) bond motifs is 1. The number of aromatic hydroxyl groups is 4. The number of rotatable bonds is 12. The fourth-order valence-electron chi connectivity index (χ4n) is 6.93. The first kappa shape index (κ1) is 45.6. The van der Waals surface area contributed by atoms with Crippen LogP contribution in [0.15, 0.2) is 76.0 Å². The number of phenols is 4. The molecule has 14 atom stereocenters. The molecule has 4 heterocycles. The van der Waals surface area contributed by atoms with Crippen molar-refractivity contribution < 1.29 is 104 Å². The molecule has 4 aliphatic heterocycles. The van der Waals surface area contributed by atoms with Crippen LogP contribution in [0.25, 0.3) is 28.7 Å². The van der Waals surface area contributed by atoms with Crippen LogP contribution in [0.4, 0.5) is 0 Å². The molecule has 0 radical (unpaired) electrons. The standard InChI is InChI=1S/C41H44O22/c42-18-5-1-16(2-6-18)3-8-29(48)56-14-27-31(50)33(52)36(55)39(61-27)58-15-28-32(51)34(53)38(63-40-35(54)30(49)24(47)13-57-40)41(62-28)60-26-12-20-22(45)10-19(43)11-25(20)59-37(26)17-4-7-21(44)23(46)9-17/h1-12,24,27-28,30-36,38-42,44-47,49-55H,13-15H2/b8-3+/t24-,27-,28-,30+,31-,32+,33+,34+,35-,36-,38-,39-,40+,41-/m1/s1. The van der Waals surface area contributed by atoms with E-state index in [1.165, 1.54) is 42.5 Å². The molecular weight excluding hydrogens is 844 g/mol. The Morgan fingerprint density at radius 3 is 2.10 bits per heavy atom. The number of hydrogen-bond donors (Lipinski definition) is 12. The first-order chi connectivity index (χ1) is 30.0. The lowest BCUT2D eigenvalue weighted by molar-refractivity contribution is -0.353. The minimum absolute atomic E-state index is 0.0146. The Kier molecular flexibility index (Phi) is 13.8. The second-order valence-corrected chi connectivity index (χ2v) is 14.9. The van der Waals surface area contributed by atoms with Crippen molar-refractivity contribution in [3.63, 3.8) is 0 Å². The summed E-state index contributed by atoms with van der Waals surface area (Å²) in [5.74, 6) is -3.26. The molecule has 0 aromatic heterocycles. The van der Waals surface area contributed by atoms with E-state index < -0.39 is 134 Å². The van der Waals surface area contributed by atoms with Crippen LogP contribution in [0, 0.1) is 0 Å². The summed E-state index contributed by atoms with van der Waals surface area (Å²) in [4.78, 5) is 24.7. The minimum Gasteiger partial charge on any atom is -0.508 e. The maximum absolute atomic E-state index is 12.4. The highest BCUT2D eigenvalue weighted by atomic mass is 16.8. The largest absolute Gasteiger partial charge is 0.508 e. The topological polar surface area (TPSA) is 355 Å². The first-order valence-corrected chi connectivity index (χ1v) is 19.3. The minimum atomic E-state index is -2.03. The van der Waals surface area contributed by atoms with E-state index in [1.807, 2.05) is 0 Å². The average Bonchev–Trinajstić information content (AvgIpc) is 3.25. The molecule has 63 heavy (non-hydrogen) atoms. The van der Waals surface area contributed by atoms with E-state index in [9.17, 15) is 70.9 Å². The Morgan fingerprint density at radius 1 is 0.683 bits per heavy atom. The Bertz CT molecular complexity index is 2260. The lowest BCUT2D eigenvalue weighted by Gasteiger charge is -2.45. The van der Waals surface area contributed by atoms with Crippen LogP contribution in [0.2, 0.25) is 0 Å². The number of carbonyl (C=O) groups excluding carboxylic acids is 1. The number of hydrogen-bond acceptors (Lipinski definition) is 22. The van der Waals surface area contributed by atoms with Crippen molar-refractivity contribution in [2.75, 3.05) is 19.8 Å². The summed E-state index contributed by atoms with van der Waals surface area (Å²) >= 11 is 0. The summed E-state index contributed by atoms with van der Waals surface area (Å²) in [6, 6.07) is 12.5. The Morgan fingerprint density at radius 2 is 1.37 bits per heavy atom. The highest BCUT2D eigenvalue weighted by Gasteiger charge is 2.51. The van der Waals surface area contributed by atoms with Gasteiger partial charge in [0.25, 0.3) is 0 Å². The Hall–Kier alpha value is -5.44. The average molecular weight is 889 g/mol. The molecule has 5 aliphatic rings. The molecule has 22 nitrogen and oxygen atoms in total. The van der Waals surface area contributed by atoms with E-state index in [1.54, 1.807) is 0 Å². The molecule has 0 saturated carbocycles. The summed E-state index contributed by atoms with van der Waals surface area (Å²) in [5.41, 5.74) is -0.130. The molecule has 0 amide bonds. The van der Waals surface area contributed by atoms with Gasteiger partial charge in [-0.25, -0.2) is 4.79 Å². The Balaban J connectivity index is 1.13. The van der Waals surface area contributed by atoms with Crippen LogP contribution in [-0.2, 0) is 33.2 Å². The third-order valence-corrected chi connectivity index (χ3v) is 10.5. The van der Waals surface area contributed by atoms with Gasteiger partial charge in [-0.1, -0.05) is 12.1 Å². The number of ether oxygens (including phenoxy) is 7. The number of benzene rings is 3. The lowest BCUT2D eigenvalue weighted by atomic mass is 9.97. The number of carbonyl (C=O) groups is 1. The van der Waals surface area contributed by atoms with Gasteiger partial charge in [0.15, 0.2) is 47.1 Å². The maximum atomic E-state index is 12.4. The first-order valence-electron chi connectivity index (χ1n) is 19.3. The van der Waals surface area contributed by atoms with Crippen LogP contribution in [0.5, 0.6) is 28.7 Å². The highest BCUT2D eigenvalue weighted by molar-refractivity contribution is 5.87. The second-order valence-electron chi connectivity index (χ2n) is 14.9. The molecular formula is C41H44O22. The van der Waals surface area contributed by atoms with Gasteiger partial charge in [0.2, 0.25) is 6.29 Å². The van der Waals surface area contributed by atoms with Gasteiger partial charge in [0, 0.05) is 23.8 Å². The maximum Gasteiger partial charge on any atom is 0.330 e. The summed E-state index contributed by atoms with van der Waals surface area (Å²) in [7, 11) is 0. The van der Waals surface area contributed by atoms with Crippen molar-refractivity contribution in [2.45, 2.75) is 86.0 Å². The van der Waals surface area contributed by atoms with E-state index in [0.29, 0.717) is 5.56 Å². The number of esters is 1. The summed E-state index contributed by atoms with van der Waals surface area (Å²) in [5, 5.41) is 126. The molecule has 22 heteroatoms.